The molecule has 0 aliphatic carbocycles. The van der Waals surface area contributed by atoms with Gasteiger partial charge in [0.05, 0.1) is 13.2 Å². The number of amides is 1. The molecule has 0 radical (unpaired) electrons. The second-order valence-electron chi connectivity index (χ2n) is 6.42. The Labute approximate surface area is 189 Å². The summed E-state index contributed by atoms with van der Waals surface area (Å²) < 4.78 is 24.6. The summed E-state index contributed by atoms with van der Waals surface area (Å²) in [4.78, 5) is 18.3. The number of fused-ring (bicyclic) bond motifs is 1. The molecular weight excluding hydrogens is 490 g/mol. The van der Waals surface area contributed by atoms with Crippen molar-refractivity contribution in [3.63, 3.8) is 0 Å². The zero-order valence-corrected chi connectivity index (χ0v) is 19.8. The number of ether oxygens (including phenoxy) is 2. The highest BCUT2D eigenvalue weighted by atomic mass is 127. The fourth-order valence-electron chi connectivity index (χ4n) is 3.10. The van der Waals surface area contributed by atoms with Gasteiger partial charge in [0.2, 0.25) is 5.91 Å². The summed E-state index contributed by atoms with van der Waals surface area (Å²) in [7, 11) is 0. The van der Waals surface area contributed by atoms with E-state index in [1.807, 2.05) is 20.8 Å². The van der Waals surface area contributed by atoms with E-state index in [1.54, 1.807) is 4.90 Å². The largest absolute Gasteiger partial charge is 0.467 e. The number of rotatable bonds is 9. The first-order chi connectivity index (χ1) is 13.6. The monoisotopic (exact) mass is 522 g/mol. The van der Waals surface area contributed by atoms with Gasteiger partial charge in [-0.3, -0.25) is 9.79 Å². The molecule has 0 saturated heterocycles. The molecular formula is C20H32FIN4O3. The molecule has 1 aliphatic rings. The van der Waals surface area contributed by atoms with Crippen LogP contribution in [0, 0.1) is 5.82 Å². The van der Waals surface area contributed by atoms with Crippen LogP contribution < -0.4 is 15.4 Å². The molecule has 0 spiro atoms. The van der Waals surface area contributed by atoms with E-state index >= 15 is 0 Å². The first-order valence-electron chi connectivity index (χ1n) is 9.90. The fourth-order valence-corrected chi connectivity index (χ4v) is 3.10. The Balaban J connectivity index is 0.00000420. The van der Waals surface area contributed by atoms with Gasteiger partial charge < -0.3 is 25.0 Å². The minimum Gasteiger partial charge on any atom is -0.467 e. The number of benzene rings is 1. The minimum absolute atomic E-state index is 0. The summed E-state index contributed by atoms with van der Waals surface area (Å²) in [6.45, 7) is 9.58. The quantitative estimate of drug-likeness (QED) is 0.297. The van der Waals surface area contributed by atoms with Crippen LogP contribution in [-0.2, 0) is 22.6 Å². The zero-order chi connectivity index (χ0) is 20.4. The second-order valence-corrected chi connectivity index (χ2v) is 6.42. The van der Waals surface area contributed by atoms with Crippen LogP contribution in [0.4, 0.5) is 4.39 Å². The molecule has 0 saturated carbocycles. The zero-order valence-electron chi connectivity index (χ0n) is 17.4. The smallest absolute Gasteiger partial charge is 0.224 e. The topological polar surface area (TPSA) is 75.2 Å². The maximum atomic E-state index is 13.8. The van der Waals surface area contributed by atoms with Crippen molar-refractivity contribution in [2.75, 3.05) is 39.5 Å². The van der Waals surface area contributed by atoms with Crippen LogP contribution in [0.15, 0.2) is 17.1 Å². The first kappa shape index (κ1) is 25.4. The summed E-state index contributed by atoms with van der Waals surface area (Å²) >= 11 is 0. The van der Waals surface area contributed by atoms with Gasteiger partial charge in [0.15, 0.2) is 12.8 Å². The molecule has 7 nitrogen and oxygen atoms in total. The molecule has 2 rings (SSSR count). The summed E-state index contributed by atoms with van der Waals surface area (Å²) in [6, 6.07) is 2.95. The lowest BCUT2D eigenvalue weighted by Crippen LogP contribution is -2.38. The lowest BCUT2D eigenvalue weighted by molar-refractivity contribution is -0.130. The number of carbonyl (C=O) groups is 1. The van der Waals surface area contributed by atoms with E-state index in [0.29, 0.717) is 63.9 Å². The Bertz CT molecular complexity index is 684. The maximum Gasteiger partial charge on any atom is 0.224 e. The van der Waals surface area contributed by atoms with Crippen molar-refractivity contribution in [3.05, 3.63) is 29.1 Å². The van der Waals surface area contributed by atoms with Crippen molar-refractivity contribution >= 4 is 35.8 Å². The van der Waals surface area contributed by atoms with Gasteiger partial charge in [-0.1, -0.05) is 0 Å². The van der Waals surface area contributed by atoms with Gasteiger partial charge in [-0.25, -0.2) is 4.39 Å². The van der Waals surface area contributed by atoms with Crippen molar-refractivity contribution in [2.45, 2.75) is 40.2 Å². The molecule has 0 bridgehead atoms. The van der Waals surface area contributed by atoms with Gasteiger partial charge in [-0.05, 0) is 44.9 Å². The van der Waals surface area contributed by atoms with Crippen LogP contribution in [0.25, 0.3) is 0 Å². The van der Waals surface area contributed by atoms with Crippen LogP contribution in [0.1, 0.15) is 38.3 Å². The third-order valence-electron chi connectivity index (χ3n) is 4.49. The van der Waals surface area contributed by atoms with Crippen molar-refractivity contribution in [3.8, 4) is 5.75 Å². The Morgan fingerprint density at radius 2 is 2.00 bits per heavy atom. The van der Waals surface area contributed by atoms with Crippen molar-refractivity contribution in [1.82, 2.24) is 15.5 Å². The molecule has 0 atom stereocenters. The molecule has 1 aromatic carbocycles. The fraction of sp³-hybridized carbons (Fsp3) is 0.600. The average Bonchev–Trinajstić information content (AvgIpc) is 2.68. The van der Waals surface area contributed by atoms with E-state index in [1.165, 1.54) is 12.1 Å². The number of guanidine groups is 1. The molecule has 0 aromatic heterocycles. The van der Waals surface area contributed by atoms with E-state index in [9.17, 15) is 9.18 Å². The van der Waals surface area contributed by atoms with E-state index in [4.69, 9.17) is 9.47 Å². The van der Waals surface area contributed by atoms with Crippen LogP contribution in [0.3, 0.4) is 0 Å². The highest BCUT2D eigenvalue weighted by molar-refractivity contribution is 14.0. The molecule has 1 aliphatic heterocycles. The molecule has 1 amide bonds. The number of hydrogen-bond acceptors (Lipinski definition) is 4. The van der Waals surface area contributed by atoms with Gasteiger partial charge in [-0.15, -0.1) is 24.0 Å². The predicted octanol–water partition coefficient (Wildman–Crippen LogP) is 2.67. The molecule has 9 heteroatoms. The standard InChI is InChI=1S/C20H31FN4O3.HI/c1-4-22-20(24-10-8-18(26)25(5-2)6-3)23-9-7-15-11-17(21)12-16-13-27-14-28-19(15)16;/h11-12H,4-10,13-14H2,1-3H3,(H2,22,23,24);1H. The molecule has 1 heterocycles. The number of carbonyl (C=O) groups excluding carboxylic acids is 1. The van der Waals surface area contributed by atoms with Gasteiger partial charge in [-0.2, -0.15) is 0 Å². The lowest BCUT2D eigenvalue weighted by Gasteiger charge is -2.21. The van der Waals surface area contributed by atoms with Crippen molar-refractivity contribution in [1.29, 1.82) is 0 Å². The summed E-state index contributed by atoms with van der Waals surface area (Å²) in [5, 5.41) is 6.39. The Hall–Kier alpha value is -1.62. The molecule has 29 heavy (non-hydrogen) atoms. The number of halogens is 2. The second kappa shape index (κ2) is 13.6. The summed E-state index contributed by atoms with van der Waals surface area (Å²) in [6.07, 6.45) is 0.965. The van der Waals surface area contributed by atoms with Gasteiger partial charge in [0.1, 0.15) is 11.6 Å². The van der Waals surface area contributed by atoms with Crippen LogP contribution in [-0.4, -0.2) is 56.3 Å². The van der Waals surface area contributed by atoms with Crippen molar-refractivity contribution in [2.24, 2.45) is 4.99 Å². The molecule has 1 aromatic rings. The predicted molar refractivity (Wildman–Crippen MR) is 122 cm³/mol. The van der Waals surface area contributed by atoms with E-state index in [-0.39, 0.29) is 42.5 Å². The SMILES string of the molecule is CCNC(=NCCC(=O)N(CC)CC)NCCc1cc(F)cc2c1OCOC2.I. The van der Waals surface area contributed by atoms with Crippen LogP contribution in [0.5, 0.6) is 5.75 Å². The number of nitrogens with one attached hydrogen (secondary N) is 2. The Morgan fingerprint density at radius 1 is 1.24 bits per heavy atom. The van der Waals surface area contributed by atoms with Gasteiger partial charge >= 0.3 is 0 Å². The number of aliphatic imine (C=N–C) groups is 1. The van der Waals surface area contributed by atoms with Crippen LogP contribution >= 0.6 is 24.0 Å². The van der Waals surface area contributed by atoms with E-state index in [0.717, 1.165) is 11.1 Å². The molecule has 2 N–H and O–H groups in total. The number of hydrogen-bond donors (Lipinski definition) is 2. The third kappa shape index (κ3) is 7.96. The van der Waals surface area contributed by atoms with E-state index < -0.39 is 0 Å². The lowest BCUT2D eigenvalue weighted by atomic mass is 10.1. The normalized spacial score (nSPS) is 13.0. The van der Waals surface area contributed by atoms with Crippen molar-refractivity contribution < 1.29 is 18.7 Å². The third-order valence-corrected chi connectivity index (χ3v) is 4.49. The molecule has 0 fully saturated rings. The van der Waals surface area contributed by atoms with E-state index in [2.05, 4.69) is 15.6 Å². The summed E-state index contributed by atoms with van der Waals surface area (Å²) in [5.74, 6) is 1.17. The molecule has 0 unspecified atom stereocenters. The number of nitrogens with zero attached hydrogens (tertiary/aromatic N) is 2. The van der Waals surface area contributed by atoms with Gasteiger partial charge in [0, 0.05) is 38.2 Å². The first-order valence-corrected chi connectivity index (χ1v) is 9.90. The average molecular weight is 522 g/mol. The highest BCUT2D eigenvalue weighted by Crippen LogP contribution is 2.29. The minimum atomic E-state index is -0.293. The molecule has 164 valence electrons. The van der Waals surface area contributed by atoms with Crippen LogP contribution in [0.2, 0.25) is 0 Å². The Morgan fingerprint density at radius 3 is 2.69 bits per heavy atom. The van der Waals surface area contributed by atoms with Gasteiger partial charge in [0.25, 0.3) is 0 Å². The highest BCUT2D eigenvalue weighted by Gasteiger charge is 2.16. The Kier molecular flexibility index (Phi) is 11.9. The summed E-state index contributed by atoms with van der Waals surface area (Å²) in [5.41, 5.74) is 1.54. The maximum absolute atomic E-state index is 13.8.